The molecule has 1 saturated heterocycles. The zero-order valence-electron chi connectivity index (χ0n) is 21.2. The first-order valence-corrected chi connectivity index (χ1v) is 12.8. The summed E-state index contributed by atoms with van der Waals surface area (Å²) in [5.74, 6) is -0.799. The Hall–Kier alpha value is -4.28. The van der Waals surface area contributed by atoms with E-state index in [0.29, 0.717) is 26.3 Å². The number of hydrazine groups is 1. The number of halogens is 2. The molecule has 11 heteroatoms. The predicted molar refractivity (Wildman–Crippen MR) is 149 cm³/mol. The van der Waals surface area contributed by atoms with E-state index in [9.17, 15) is 9.18 Å². The molecule has 0 bridgehead atoms. The molecule has 2 aromatic carbocycles. The Morgan fingerprint density at radius 1 is 1.03 bits per heavy atom. The van der Waals surface area contributed by atoms with Gasteiger partial charge in [-0.25, -0.2) is 14.4 Å². The molecule has 1 aliphatic rings. The van der Waals surface area contributed by atoms with Crippen molar-refractivity contribution in [3.05, 3.63) is 100 Å². The molecule has 1 fully saturated rings. The first kappa shape index (κ1) is 26.3. The molecule has 1 amide bonds. The van der Waals surface area contributed by atoms with Crippen LogP contribution in [0, 0.1) is 12.7 Å². The fourth-order valence-corrected chi connectivity index (χ4v) is 4.58. The van der Waals surface area contributed by atoms with Crippen molar-refractivity contribution in [2.75, 3.05) is 41.9 Å². The summed E-state index contributed by atoms with van der Waals surface area (Å²) in [6, 6.07) is 17.5. The number of nitrogens with zero attached hydrogens (tertiary/aromatic N) is 4. The Kier molecular flexibility index (Phi) is 8.14. The lowest BCUT2D eigenvalue weighted by Crippen LogP contribution is -2.38. The number of nitrogens with one attached hydrogen (secondary N) is 3. The van der Waals surface area contributed by atoms with Crippen LogP contribution in [0.3, 0.4) is 0 Å². The van der Waals surface area contributed by atoms with Gasteiger partial charge in [-0.2, -0.15) is 4.98 Å². The fraction of sp³-hybridized carbons (Fsp3) is 0.214. The number of benzene rings is 2. The van der Waals surface area contributed by atoms with Crippen LogP contribution >= 0.6 is 11.6 Å². The lowest BCUT2D eigenvalue weighted by atomic mass is 10.0. The standard InChI is InChI=1S/C28H27ClFN7O2/c1-18-11-20(14-21(29)12-18)13-19-3-2-4-22(15-19)33-23-5-6-25(31-16-23)27(38)35-36-28-32-17-24(30)26(34-28)37-7-9-39-10-8-37/h2-6,11-12,14-17,33H,7-10,13H2,1H3,(H,35,38)(H,32,34,36). The van der Waals surface area contributed by atoms with Gasteiger partial charge in [0.05, 0.1) is 31.3 Å². The van der Waals surface area contributed by atoms with Crippen LogP contribution in [0.25, 0.3) is 0 Å². The van der Waals surface area contributed by atoms with Gasteiger partial charge in [0.1, 0.15) is 5.69 Å². The molecule has 1 aliphatic heterocycles. The van der Waals surface area contributed by atoms with E-state index >= 15 is 0 Å². The fourth-order valence-electron chi connectivity index (χ4n) is 4.27. The highest BCUT2D eigenvalue weighted by Gasteiger charge is 2.18. The van der Waals surface area contributed by atoms with Gasteiger partial charge in [-0.05, 0) is 66.4 Å². The summed E-state index contributed by atoms with van der Waals surface area (Å²) in [7, 11) is 0. The molecule has 0 radical (unpaired) electrons. The lowest BCUT2D eigenvalue weighted by Gasteiger charge is -2.28. The highest BCUT2D eigenvalue weighted by molar-refractivity contribution is 6.30. The SMILES string of the molecule is Cc1cc(Cl)cc(Cc2cccc(Nc3ccc(C(=O)NNc4ncc(F)c(N5CCOCC5)n4)nc3)c2)c1. The van der Waals surface area contributed by atoms with E-state index in [-0.39, 0.29) is 17.5 Å². The van der Waals surface area contributed by atoms with Gasteiger partial charge >= 0.3 is 0 Å². The molecule has 9 nitrogen and oxygen atoms in total. The Morgan fingerprint density at radius 2 is 1.87 bits per heavy atom. The van der Waals surface area contributed by atoms with Gasteiger partial charge in [0, 0.05) is 23.8 Å². The van der Waals surface area contributed by atoms with Gasteiger partial charge in [-0.1, -0.05) is 29.8 Å². The highest BCUT2D eigenvalue weighted by Crippen LogP contribution is 2.22. The topological polar surface area (TPSA) is 104 Å². The third-order valence-electron chi connectivity index (χ3n) is 6.05. The molecule has 3 heterocycles. The van der Waals surface area contributed by atoms with Crippen LogP contribution in [0.1, 0.15) is 27.2 Å². The van der Waals surface area contributed by atoms with E-state index in [4.69, 9.17) is 16.3 Å². The summed E-state index contributed by atoms with van der Waals surface area (Å²) < 4.78 is 19.5. The molecule has 0 unspecified atom stereocenters. The normalized spacial score (nSPS) is 13.2. The Labute approximate surface area is 230 Å². The Bertz CT molecular complexity index is 1440. The van der Waals surface area contributed by atoms with E-state index in [1.165, 1.54) is 0 Å². The second-order valence-electron chi connectivity index (χ2n) is 9.11. The van der Waals surface area contributed by atoms with Gasteiger partial charge in [0.25, 0.3) is 5.91 Å². The van der Waals surface area contributed by atoms with E-state index in [0.717, 1.165) is 45.7 Å². The maximum absolute atomic E-state index is 14.2. The van der Waals surface area contributed by atoms with Crippen molar-refractivity contribution in [1.82, 2.24) is 20.4 Å². The average Bonchev–Trinajstić information content (AvgIpc) is 2.93. The van der Waals surface area contributed by atoms with E-state index in [2.05, 4.69) is 49.3 Å². The molecule has 3 N–H and O–H groups in total. The number of ether oxygens (including phenoxy) is 1. The number of rotatable bonds is 8. The van der Waals surface area contributed by atoms with Crippen molar-refractivity contribution in [2.45, 2.75) is 13.3 Å². The Morgan fingerprint density at radius 3 is 2.64 bits per heavy atom. The van der Waals surface area contributed by atoms with Crippen LogP contribution in [-0.4, -0.2) is 47.2 Å². The molecular weight excluding hydrogens is 521 g/mol. The summed E-state index contributed by atoms with van der Waals surface area (Å²) in [6.07, 6.45) is 3.40. The molecule has 0 spiro atoms. The second kappa shape index (κ2) is 12.1. The van der Waals surface area contributed by atoms with E-state index in [1.807, 2.05) is 31.2 Å². The third-order valence-corrected chi connectivity index (χ3v) is 6.26. The summed E-state index contributed by atoms with van der Waals surface area (Å²) in [6.45, 7) is 4.06. The van der Waals surface area contributed by atoms with Crippen molar-refractivity contribution >= 4 is 40.6 Å². The van der Waals surface area contributed by atoms with Crippen molar-refractivity contribution in [1.29, 1.82) is 0 Å². The van der Waals surface area contributed by atoms with Gasteiger partial charge < -0.3 is 15.0 Å². The predicted octanol–water partition coefficient (Wildman–Crippen LogP) is 4.90. The minimum atomic E-state index is -0.538. The van der Waals surface area contributed by atoms with Gasteiger partial charge in [0.15, 0.2) is 11.6 Å². The number of morpholine rings is 1. The number of carbonyl (C=O) groups excluding carboxylic acids is 1. The van der Waals surface area contributed by atoms with Crippen LogP contribution < -0.4 is 21.1 Å². The largest absolute Gasteiger partial charge is 0.378 e. The number of hydrogen-bond acceptors (Lipinski definition) is 8. The molecule has 0 saturated carbocycles. The summed E-state index contributed by atoms with van der Waals surface area (Å²) in [5.41, 5.74) is 10.3. The van der Waals surface area contributed by atoms with E-state index < -0.39 is 11.7 Å². The maximum Gasteiger partial charge on any atom is 0.288 e. The van der Waals surface area contributed by atoms with Crippen LogP contribution in [0.4, 0.5) is 27.5 Å². The molecular formula is C28H27ClFN7O2. The number of aromatic nitrogens is 3. The number of amides is 1. The monoisotopic (exact) mass is 547 g/mol. The minimum absolute atomic E-state index is 0.0670. The summed E-state index contributed by atoms with van der Waals surface area (Å²) in [5, 5.41) is 4.04. The van der Waals surface area contributed by atoms with Crippen molar-refractivity contribution in [3.63, 3.8) is 0 Å². The summed E-state index contributed by atoms with van der Waals surface area (Å²) in [4.78, 5) is 26.7. The van der Waals surface area contributed by atoms with Crippen molar-refractivity contribution in [2.24, 2.45) is 0 Å². The van der Waals surface area contributed by atoms with Crippen molar-refractivity contribution in [3.8, 4) is 0 Å². The molecule has 5 rings (SSSR count). The van der Waals surface area contributed by atoms with Crippen LogP contribution in [-0.2, 0) is 11.2 Å². The molecule has 0 atom stereocenters. The molecule has 200 valence electrons. The third kappa shape index (κ3) is 6.98. The molecule has 4 aromatic rings. The second-order valence-corrected chi connectivity index (χ2v) is 9.55. The average molecular weight is 548 g/mol. The number of aryl methyl sites for hydroxylation is 1. The minimum Gasteiger partial charge on any atom is -0.378 e. The lowest BCUT2D eigenvalue weighted by molar-refractivity contribution is 0.0957. The number of hydrogen-bond donors (Lipinski definition) is 3. The van der Waals surface area contributed by atoms with Gasteiger partial charge in [-0.15, -0.1) is 0 Å². The van der Waals surface area contributed by atoms with Crippen LogP contribution in [0.15, 0.2) is 67.0 Å². The smallest absolute Gasteiger partial charge is 0.288 e. The van der Waals surface area contributed by atoms with E-state index in [1.54, 1.807) is 23.2 Å². The zero-order valence-corrected chi connectivity index (χ0v) is 22.0. The first-order valence-electron chi connectivity index (χ1n) is 12.4. The first-order chi connectivity index (χ1) is 18.9. The molecule has 39 heavy (non-hydrogen) atoms. The number of carbonyl (C=O) groups is 1. The molecule has 2 aromatic heterocycles. The Balaban J connectivity index is 1.18. The highest BCUT2D eigenvalue weighted by atomic mass is 35.5. The summed E-state index contributed by atoms with van der Waals surface area (Å²) >= 11 is 6.21. The number of anilines is 4. The van der Waals surface area contributed by atoms with Crippen molar-refractivity contribution < 1.29 is 13.9 Å². The van der Waals surface area contributed by atoms with Crippen LogP contribution in [0.2, 0.25) is 5.02 Å². The molecule has 0 aliphatic carbocycles. The van der Waals surface area contributed by atoms with Gasteiger partial charge in [-0.3, -0.25) is 15.6 Å². The number of pyridine rings is 1. The zero-order chi connectivity index (χ0) is 27.2. The van der Waals surface area contributed by atoms with Crippen LogP contribution in [0.5, 0.6) is 0 Å². The van der Waals surface area contributed by atoms with Gasteiger partial charge in [0.2, 0.25) is 5.95 Å². The quantitative estimate of drug-likeness (QED) is 0.268. The maximum atomic E-state index is 14.2.